The first-order chi connectivity index (χ1) is 11.6. The number of amides is 1. The quantitative estimate of drug-likeness (QED) is 0.779. The van der Waals surface area contributed by atoms with Gasteiger partial charge in [0.25, 0.3) is 0 Å². The monoisotopic (exact) mass is 322 g/mol. The Morgan fingerprint density at radius 2 is 2.04 bits per heavy atom. The second kappa shape index (κ2) is 7.04. The SMILES string of the molecule is Cc1ccc(NC(=O)CCc2nnc(-c3cccnc3)o2)cc1C. The van der Waals surface area contributed by atoms with Crippen molar-refractivity contribution in [2.45, 2.75) is 26.7 Å². The molecule has 0 atom stereocenters. The van der Waals surface area contributed by atoms with E-state index < -0.39 is 0 Å². The van der Waals surface area contributed by atoms with Crippen molar-refractivity contribution in [1.82, 2.24) is 15.2 Å². The van der Waals surface area contributed by atoms with Gasteiger partial charge in [0, 0.05) is 30.9 Å². The van der Waals surface area contributed by atoms with Crippen molar-refractivity contribution in [1.29, 1.82) is 0 Å². The van der Waals surface area contributed by atoms with E-state index in [1.165, 1.54) is 5.56 Å². The fourth-order valence-electron chi connectivity index (χ4n) is 2.22. The van der Waals surface area contributed by atoms with Crippen LogP contribution in [0, 0.1) is 13.8 Å². The second-order valence-corrected chi connectivity index (χ2v) is 5.59. The number of aromatic nitrogens is 3. The maximum absolute atomic E-state index is 12.0. The number of benzene rings is 1. The van der Waals surface area contributed by atoms with Crippen molar-refractivity contribution in [2.24, 2.45) is 0 Å². The van der Waals surface area contributed by atoms with Crippen LogP contribution in [0.1, 0.15) is 23.4 Å². The number of nitrogens with zero attached hydrogens (tertiary/aromatic N) is 3. The van der Waals surface area contributed by atoms with Crippen LogP contribution in [0.4, 0.5) is 5.69 Å². The molecule has 0 saturated heterocycles. The molecule has 3 aromatic rings. The third-order valence-electron chi connectivity index (χ3n) is 3.73. The number of anilines is 1. The molecule has 0 saturated carbocycles. The predicted octanol–water partition coefficient (Wildman–Crippen LogP) is 3.32. The van der Waals surface area contributed by atoms with E-state index in [1.807, 2.05) is 38.1 Å². The molecule has 0 radical (unpaired) electrons. The van der Waals surface area contributed by atoms with Crippen LogP contribution in [0.5, 0.6) is 0 Å². The van der Waals surface area contributed by atoms with E-state index in [1.54, 1.807) is 18.5 Å². The Hall–Kier alpha value is -3.02. The second-order valence-electron chi connectivity index (χ2n) is 5.59. The largest absolute Gasteiger partial charge is 0.421 e. The van der Waals surface area contributed by atoms with Crippen LogP contribution in [0.2, 0.25) is 0 Å². The van der Waals surface area contributed by atoms with Crippen LogP contribution >= 0.6 is 0 Å². The summed E-state index contributed by atoms with van der Waals surface area (Å²) in [6, 6.07) is 9.49. The molecule has 0 spiro atoms. The molecule has 0 unspecified atom stereocenters. The molecule has 1 aromatic carbocycles. The van der Waals surface area contributed by atoms with Gasteiger partial charge in [0.15, 0.2) is 0 Å². The Balaban J connectivity index is 1.56. The topological polar surface area (TPSA) is 80.9 Å². The maximum atomic E-state index is 12.0. The van der Waals surface area contributed by atoms with E-state index in [0.717, 1.165) is 16.8 Å². The van der Waals surface area contributed by atoms with Crippen molar-refractivity contribution in [3.05, 3.63) is 59.7 Å². The Bertz CT molecular complexity index is 843. The molecule has 3 rings (SSSR count). The van der Waals surface area contributed by atoms with Crippen LogP contribution in [0.3, 0.4) is 0 Å². The molecule has 0 fully saturated rings. The number of aryl methyl sites for hydroxylation is 3. The normalized spacial score (nSPS) is 10.6. The molecule has 0 bridgehead atoms. The summed E-state index contributed by atoms with van der Waals surface area (Å²) in [4.78, 5) is 16.1. The first kappa shape index (κ1) is 15.9. The van der Waals surface area contributed by atoms with Crippen molar-refractivity contribution >= 4 is 11.6 Å². The molecule has 2 heterocycles. The summed E-state index contributed by atoms with van der Waals surface area (Å²) >= 11 is 0. The summed E-state index contributed by atoms with van der Waals surface area (Å²) < 4.78 is 5.56. The molecule has 0 aliphatic heterocycles. The predicted molar refractivity (Wildman–Crippen MR) is 90.4 cm³/mol. The average Bonchev–Trinajstić information content (AvgIpc) is 3.06. The Morgan fingerprint density at radius 3 is 2.79 bits per heavy atom. The minimum Gasteiger partial charge on any atom is -0.421 e. The standard InChI is InChI=1S/C18H18N4O2/c1-12-5-6-15(10-13(12)2)20-16(23)7-8-17-21-22-18(24-17)14-4-3-9-19-11-14/h3-6,9-11H,7-8H2,1-2H3,(H,20,23). The van der Waals surface area contributed by atoms with Gasteiger partial charge in [0.1, 0.15) is 0 Å². The van der Waals surface area contributed by atoms with Gasteiger partial charge in [-0.05, 0) is 49.2 Å². The van der Waals surface area contributed by atoms with E-state index >= 15 is 0 Å². The summed E-state index contributed by atoms with van der Waals surface area (Å²) in [5.41, 5.74) is 3.90. The molecule has 6 heteroatoms. The summed E-state index contributed by atoms with van der Waals surface area (Å²) in [6.45, 7) is 4.06. The molecule has 2 aromatic heterocycles. The lowest BCUT2D eigenvalue weighted by Crippen LogP contribution is -2.12. The van der Waals surface area contributed by atoms with Gasteiger partial charge in [-0.1, -0.05) is 6.07 Å². The molecular formula is C18H18N4O2. The molecule has 122 valence electrons. The zero-order chi connectivity index (χ0) is 16.9. The van der Waals surface area contributed by atoms with Crippen molar-refractivity contribution < 1.29 is 9.21 Å². The molecular weight excluding hydrogens is 304 g/mol. The van der Waals surface area contributed by atoms with Crippen molar-refractivity contribution in [3.8, 4) is 11.5 Å². The molecule has 1 N–H and O–H groups in total. The van der Waals surface area contributed by atoms with Crippen molar-refractivity contribution in [3.63, 3.8) is 0 Å². The first-order valence-electron chi connectivity index (χ1n) is 7.72. The minimum absolute atomic E-state index is 0.0839. The fourth-order valence-corrected chi connectivity index (χ4v) is 2.22. The highest BCUT2D eigenvalue weighted by Gasteiger charge is 2.11. The van der Waals surface area contributed by atoms with E-state index in [-0.39, 0.29) is 12.3 Å². The van der Waals surface area contributed by atoms with Crippen LogP contribution in [0.15, 0.2) is 47.1 Å². The molecule has 1 amide bonds. The minimum atomic E-state index is -0.0839. The van der Waals surface area contributed by atoms with Gasteiger partial charge in [-0.25, -0.2) is 0 Å². The summed E-state index contributed by atoms with van der Waals surface area (Å²) in [7, 11) is 0. The van der Waals surface area contributed by atoms with E-state index in [4.69, 9.17) is 4.42 Å². The smallest absolute Gasteiger partial charge is 0.249 e. The van der Waals surface area contributed by atoms with E-state index in [9.17, 15) is 4.79 Å². The number of nitrogens with one attached hydrogen (secondary N) is 1. The van der Waals surface area contributed by atoms with Crippen molar-refractivity contribution in [2.75, 3.05) is 5.32 Å². The Labute approximate surface area is 140 Å². The molecule has 0 aliphatic carbocycles. The highest BCUT2D eigenvalue weighted by Crippen LogP contribution is 2.17. The van der Waals surface area contributed by atoms with E-state index in [0.29, 0.717) is 18.2 Å². The highest BCUT2D eigenvalue weighted by atomic mass is 16.4. The van der Waals surface area contributed by atoms with Gasteiger partial charge in [0.05, 0.1) is 5.56 Å². The van der Waals surface area contributed by atoms with Crippen LogP contribution in [-0.4, -0.2) is 21.1 Å². The molecule has 0 aliphatic rings. The van der Waals surface area contributed by atoms with Gasteiger partial charge in [0.2, 0.25) is 17.7 Å². The van der Waals surface area contributed by atoms with Crippen LogP contribution < -0.4 is 5.32 Å². The van der Waals surface area contributed by atoms with E-state index in [2.05, 4.69) is 20.5 Å². The average molecular weight is 322 g/mol. The summed E-state index contributed by atoms with van der Waals surface area (Å²) in [6.07, 6.45) is 4.01. The van der Waals surface area contributed by atoms with Gasteiger partial charge in [-0.15, -0.1) is 10.2 Å². The maximum Gasteiger partial charge on any atom is 0.249 e. The Morgan fingerprint density at radius 1 is 1.17 bits per heavy atom. The third kappa shape index (κ3) is 3.84. The third-order valence-corrected chi connectivity index (χ3v) is 3.73. The van der Waals surface area contributed by atoms with Gasteiger partial charge >= 0.3 is 0 Å². The lowest BCUT2D eigenvalue weighted by Gasteiger charge is -2.07. The zero-order valence-corrected chi connectivity index (χ0v) is 13.6. The number of carbonyl (C=O) groups excluding carboxylic acids is 1. The lowest BCUT2D eigenvalue weighted by atomic mass is 10.1. The van der Waals surface area contributed by atoms with Crippen LogP contribution in [-0.2, 0) is 11.2 Å². The number of rotatable bonds is 5. The fraction of sp³-hybridized carbons (Fsp3) is 0.222. The number of hydrogen-bond acceptors (Lipinski definition) is 5. The number of carbonyl (C=O) groups is 1. The van der Waals surface area contributed by atoms with Gasteiger partial charge < -0.3 is 9.73 Å². The number of hydrogen-bond donors (Lipinski definition) is 1. The van der Waals surface area contributed by atoms with Gasteiger partial charge in [-0.2, -0.15) is 0 Å². The number of pyridine rings is 1. The Kier molecular flexibility index (Phi) is 4.65. The summed E-state index contributed by atoms with van der Waals surface area (Å²) in [5.74, 6) is 0.760. The lowest BCUT2D eigenvalue weighted by molar-refractivity contribution is -0.116. The highest BCUT2D eigenvalue weighted by molar-refractivity contribution is 5.90. The molecule has 6 nitrogen and oxygen atoms in total. The zero-order valence-electron chi connectivity index (χ0n) is 13.6. The molecule has 24 heavy (non-hydrogen) atoms. The first-order valence-corrected chi connectivity index (χ1v) is 7.72. The summed E-state index contributed by atoms with van der Waals surface area (Å²) in [5, 5.41) is 10.8. The van der Waals surface area contributed by atoms with Crippen LogP contribution in [0.25, 0.3) is 11.5 Å². The van der Waals surface area contributed by atoms with Gasteiger partial charge in [-0.3, -0.25) is 9.78 Å².